The number of aliphatic hydroxyl groups excluding tert-OH is 1. The van der Waals surface area contributed by atoms with Gasteiger partial charge in [0.05, 0.1) is 23.7 Å². The minimum atomic E-state index is -0.0538. The van der Waals surface area contributed by atoms with Crippen LogP contribution in [0.1, 0.15) is 386 Å². The molecule has 2 saturated heterocycles. The fourth-order valence-corrected chi connectivity index (χ4v) is 15.7. The summed E-state index contributed by atoms with van der Waals surface area (Å²) in [5.41, 5.74) is 0. The molecule has 8 unspecified atom stereocenters. The summed E-state index contributed by atoms with van der Waals surface area (Å²) >= 11 is 0. The minimum absolute atomic E-state index is 0.0220. The number of carbonyl (C=O) groups excluding carboxylic acids is 4. The van der Waals surface area contributed by atoms with Crippen molar-refractivity contribution in [1.29, 1.82) is 0 Å². The van der Waals surface area contributed by atoms with Gasteiger partial charge in [0, 0.05) is 13.2 Å². The molecule has 0 spiro atoms. The Balaban J connectivity index is 0.000000312. The molecule has 8 atom stereocenters. The van der Waals surface area contributed by atoms with Crippen LogP contribution in [0.15, 0.2) is 24.3 Å². The first kappa shape index (κ1) is 75.2. The van der Waals surface area contributed by atoms with Gasteiger partial charge in [0.2, 0.25) is 23.6 Å². The molecule has 4 fully saturated rings. The molecule has 6 rings (SSSR count). The third-order valence-corrected chi connectivity index (χ3v) is 21.1. The van der Waals surface area contributed by atoms with Crippen molar-refractivity contribution < 1.29 is 24.3 Å². The zero-order valence-corrected chi connectivity index (χ0v) is 56.4. The van der Waals surface area contributed by atoms with Gasteiger partial charge in [-0.3, -0.25) is 29.4 Å². The Hall–Kier alpha value is -2.28. The van der Waals surface area contributed by atoms with Gasteiger partial charge in [-0.2, -0.15) is 0 Å². The highest BCUT2D eigenvalue weighted by atomic mass is 16.3. The van der Waals surface area contributed by atoms with E-state index in [0.717, 1.165) is 32.1 Å². The van der Waals surface area contributed by atoms with Crippen LogP contribution < -0.4 is 5.32 Å². The van der Waals surface area contributed by atoms with Gasteiger partial charge < -0.3 is 5.11 Å². The molecule has 492 valence electrons. The number of aliphatic hydroxyl groups is 1. The van der Waals surface area contributed by atoms with Gasteiger partial charge in [0.15, 0.2) is 0 Å². The third kappa shape index (κ3) is 32.9. The van der Waals surface area contributed by atoms with E-state index in [1.165, 1.54) is 340 Å². The molecule has 7 heteroatoms. The molecular formula is C78H140N2O5. The fourth-order valence-electron chi connectivity index (χ4n) is 15.7. The third-order valence-electron chi connectivity index (χ3n) is 21.1. The first-order valence-corrected chi connectivity index (χ1v) is 38.6. The van der Waals surface area contributed by atoms with Crippen molar-refractivity contribution in [3.63, 3.8) is 0 Å². The maximum absolute atomic E-state index is 12.7. The lowest BCUT2D eigenvalue weighted by Gasteiger charge is -2.17. The second-order valence-electron chi connectivity index (χ2n) is 28.5. The van der Waals surface area contributed by atoms with Gasteiger partial charge in [-0.25, -0.2) is 0 Å². The smallest absolute Gasteiger partial charge is 0.233 e. The Morgan fingerprint density at radius 2 is 0.482 bits per heavy atom. The number of nitrogens with one attached hydrogen (secondary N) is 1. The van der Waals surface area contributed by atoms with Crippen LogP contribution in [-0.2, 0) is 19.2 Å². The number of nitrogens with zero attached hydrogens (tertiary/aromatic N) is 1. The summed E-state index contributed by atoms with van der Waals surface area (Å²) in [4.78, 5) is 49.7. The summed E-state index contributed by atoms with van der Waals surface area (Å²) in [5, 5.41) is 11.2. The number of hydrogen-bond donors (Lipinski definition) is 2. The Labute approximate surface area is 526 Å². The van der Waals surface area contributed by atoms with Crippen molar-refractivity contribution in [3.05, 3.63) is 24.3 Å². The van der Waals surface area contributed by atoms with Gasteiger partial charge in [0.1, 0.15) is 0 Å². The number of imide groups is 2. The molecule has 4 aliphatic carbocycles. The number of likely N-dealkylation sites (tertiary alicyclic amines) is 1. The largest absolute Gasteiger partial charge is 0.396 e. The highest BCUT2D eigenvalue weighted by Gasteiger charge is 2.59. The molecule has 0 aromatic heterocycles. The first-order chi connectivity index (χ1) is 41.9. The van der Waals surface area contributed by atoms with Gasteiger partial charge in [-0.05, 0) is 49.4 Å². The lowest BCUT2D eigenvalue weighted by atomic mass is 9.85. The number of fused-ring (bicyclic) bond motifs is 10. The van der Waals surface area contributed by atoms with Crippen molar-refractivity contribution in [3.8, 4) is 0 Å². The molecule has 2 heterocycles. The lowest BCUT2D eigenvalue weighted by Crippen LogP contribution is -2.33. The summed E-state index contributed by atoms with van der Waals surface area (Å²) in [6.07, 6.45) is 90.0. The summed E-state index contributed by atoms with van der Waals surface area (Å²) in [6.45, 7) is 5.63. The van der Waals surface area contributed by atoms with Crippen LogP contribution in [0.4, 0.5) is 0 Å². The standard InChI is InChI=1S/C39H69NO2.C30H62O.C9H9NO2/c1-2-3-4-5-6-7-8-9-10-11-12-13-14-15-16-17-18-19-20-21-22-23-24-25-26-27-28-29-32-40-38(41)36-34-30-31-35(33-34)37(36)39(40)42;1-2-3-4-5-6-7-8-9-10-11-12-13-14-15-16-17-18-19-20-21-22-23-24-25-26-27-28-29-30-31;11-8-6-4-1-2-5(3-4)7(6)9(12)10-8/h30-31,34-37H,2-29,32-33H2,1H3;31H,2-30H2,1H3;1-2,4-7H,3H2,(H,10,11,12). The van der Waals surface area contributed by atoms with Crippen molar-refractivity contribution in [2.75, 3.05) is 13.2 Å². The molecule has 0 aromatic rings. The SMILES string of the molecule is CCCCCCCCCCCCCCCCCCCCCCCCCCCCCCN1C(=O)C2C3C=CC(C3)C2C1=O.CCCCCCCCCCCCCCCCCCCCCCCCCCCCCCO.O=C1NC(=O)C2C3C=CC(C3)C12. The van der Waals surface area contributed by atoms with E-state index in [1.807, 2.05) is 0 Å². The van der Waals surface area contributed by atoms with Crippen LogP contribution in [0.3, 0.4) is 0 Å². The van der Waals surface area contributed by atoms with Gasteiger partial charge in [-0.15, -0.1) is 0 Å². The fraction of sp³-hybridized carbons (Fsp3) is 0.897. The molecule has 4 amide bonds. The highest BCUT2D eigenvalue weighted by molar-refractivity contribution is 6.07. The van der Waals surface area contributed by atoms with Crippen molar-refractivity contribution >= 4 is 23.6 Å². The summed E-state index contributed by atoms with van der Waals surface area (Å²) < 4.78 is 0. The van der Waals surface area contributed by atoms with Crippen molar-refractivity contribution in [2.45, 2.75) is 386 Å². The van der Waals surface area contributed by atoms with E-state index in [-0.39, 0.29) is 47.3 Å². The first-order valence-electron chi connectivity index (χ1n) is 38.6. The Bertz CT molecular complexity index is 1620. The molecule has 0 radical (unpaired) electrons. The number of allylic oxidation sites excluding steroid dienone is 4. The summed E-state index contributed by atoms with van der Waals surface area (Å²) in [5.74, 6) is 1.40. The average Bonchev–Trinajstić information content (AvgIpc) is 1.97. The highest BCUT2D eigenvalue weighted by Crippen LogP contribution is 2.53. The van der Waals surface area contributed by atoms with E-state index in [2.05, 4.69) is 43.5 Å². The zero-order valence-electron chi connectivity index (χ0n) is 56.4. The molecule has 2 saturated carbocycles. The second-order valence-corrected chi connectivity index (χ2v) is 28.5. The maximum Gasteiger partial charge on any atom is 0.233 e. The average molecular weight is 1190 g/mol. The normalized spacial score (nSPS) is 22.2. The summed E-state index contributed by atoms with van der Waals surface area (Å²) in [6, 6.07) is 0. The predicted octanol–water partition coefficient (Wildman–Crippen LogP) is 22.7. The second kappa shape index (κ2) is 51.5. The van der Waals surface area contributed by atoms with E-state index in [1.54, 1.807) is 4.90 Å². The van der Waals surface area contributed by atoms with E-state index in [4.69, 9.17) is 5.11 Å². The Kier molecular flexibility index (Phi) is 45.5. The monoisotopic (exact) mass is 1190 g/mol. The number of hydrogen-bond acceptors (Lipinski definition) is 5. The van der Waals surface area contributed by atoms with Gasteiger partial charge >= 0.3 is 0 Å². The lowest BCUT2D eigenvalue weighted by molar-refractivity contribution is -0.140. The molecule has 85 heavy (non-hydrogen) atoms. The van der Waals surface area contributed by atoms with E-state index < -0.39 is 0 Å². The maximum atomic E-state index is 12.7. The molecule has 7 nitrogen and oxygen atoms in total. The number of rotatable bonds is 57. The van der Waals surface area contributed by atoms with E-state index in [9.17, 15) is 19.2 Å². The van der Waals surface area contributed by atoms with Crippen LogP contribution >= 0.6 is 0 Å². The number of amides is 4. The predicted molar refractivity (Wildman–Crippen MR) is 362 cm³/mol. The van der Waals surface area contributed by atoms with Crippen LogP contribution in [0.25, 0.3) is 0 Å². The van der Waals surface area contributed by atoms with Crippen molar-refractivity contribution in [1.82, 2.24) is 10.2 Å². The van der Waals surface area contributed by atoms with Gasteiger partial charge in [0.25, 0.3) is 0 Å². The van der Waals surface area contributed by atoms with E-state index >= 15 is 0 Å². The van der Waals surface area contributed by atoms with Crippen LogP contribution in [0.2, 0.25) is 0 Å². The molecule has 4 bridgehead atoms. The van der Waals surface area contributed by atoms with Crippen LogP contribution in [0.5, 0.6) is 0 Å². The zero-order chi connectivity index (χ0) is 60.5. The van der Waals surface area contributed by atoms with Crippen LogP contribution in [0, 0.1) is 47.3 Å². The molecule has 2 N–H and O–H groups in total. The molecule has 2 aliphatic heterocycles. The molecule has 0 aromatic carbocycles. The molecular weight excluding hydrogens is 1040 g/mol. The Morgan fingerprint density at radius 3 is 0.694 bits per heavy atom. The molecule has 6 aliphatic rings. The van der Waals surface area contributed by atoms with Gasteiger partial charge in [-0.1, -0.05) is 385 Å². The summed E-state index contributed by atoms with van der Waals surface area (Å²) in [7, 11) is 0. The number of carbonyl (C=O) groups is 4. The van der Waals surface area contributed by atoms with Crippen molar-refractivity contribution in [2.24, 2.45) is 47.3 Å². The minimum Gasteiger partial charge on any atom is -0.396 e. The quantitative estimate of drug-likeness (QED) is 0.0359. The van der Waals surface area contributed by atoms with E-state index in [0.29, 0.717) is 36.8 Å². The Morgan fingerprint density at radius 1 is 0.294 bits per heavy atom. The topological polar surface area (TPSA) is 104 Å². The van der Waals surface area contributed by atoms with Crippen LogP contribution in [-0.4, -0.2) is 46.8 Å². The number of unbranched alkanes of at least 4 members (excludes halogenated alkanes) is 54.